The maximum absolute atomic E-state index is 13.4. The lowest BCUT2D eigenvalue weighted by atomic mass is 9.87. The number of pyridine rings is 2. The zero-order valence-corrected chi connectivity index (χ0v) is 18.4. The number of nitrogens with zero attached hydrogens (tertiary/aromatic N) is 5. The fourth-order valence-corrected chi connectivity index (χ4v) is 3.88. The summed E-state index contributed by atoms with van der Waals surface area (Å²) in [7, 11) is 0. The summed E-state index contributed by atoms with van der Waals surface area (Å²) in [5.41, 5.74) is 0.608. The SMILES string of the molecule is CCOC(=O)C(C(=O)C(C)C)C1c2nccnc2C(=O)N1c1ccc2ccc(Cl)nc2n1. The van der Waals surface area contributed by atoms with Crippen molar-refractivity contribution in [3.63, 3.8) is 0 Å². The lowest BCUT2D eigenvalue weighted by Gasteiger charge is -2.29. The van der Waals surface area contributed by atoms with Crippen molar-refractivity contribution in [3.05, 3.63) is 53.2 Å². The van der Waals surface area contributed by atoms with Crippen molar-refractivity contribution in [1.29, 1.82) is 0 Å². The first-order valence-corrected chi connectivity index (χ1v) is 10.5. The summed E-state index contributed by atoms with van der Waals surface area (Å²) in [6, 6.07) is 5.70. The minimum Gasteiger partial charge on any atom is -0.465 e. The number of rotatable bonds is 6. The van der Waals surface area contributed by atoms with Crippen LogP contribution in [-0.4, -0.2) is 44.2 Å². The first kappa shape index (κ1) is 21.8. The maximum atomic E-state index is 13.4. The van der Waals surface area contributed by atoms with Gasteiger partial charge >= 0.3 is 5.97 Å². The maximum Gasteiger partial charge on any atom is 0.319 e. The van der Waals surface area contributed by atoms with Crippen LogP contribution in [0.15, 0.2) is 36.7 Å². The summed E-state index contributed by atoms with van der Waals surface area (Å²) in [4.78, 5) is 57.9. The number of Topliss-reactive ketones (excluding diaryl/α,β-unsaturated/α-hetero) is 1. The van der Waals surface area contributed by atoms with Crippen LogP contribution in [0.25, 0.3) is 11.0 Å². The molecule has 1 aliphatic heterocycles. The quantitative estimate of drug-likeness (QED) is 0.317. The molecule has 0 saturated heterocycles. The first-order chi connectivity index (χ1) is 15.3. The molecule has 0 fully saturated rings. The van der Waals surface area contributed by atoms with Crippen LogP contribution in [0.5, 0.6) is 0 Å². The first-order valence-electron chi connectivity index (χ1n) is 10.1. The average Bonchev–Trinajstić information content (AvgIpc) is 3.06. The van der Waals surface area contributed by atoms with Gasteiger partial charge in [0, 0.05) is 23.7 Å². The van der Waals surface area contributed by atoms with E-state index in [0.29, 0.717) is 5.65 Å². The Balaban J connectivity index is 1.91. The molecule has 2 atom stereocenters. The predicted molar refractivity (Wildman–Crippen MR) is 116 cm³/mol. The second-order valence-electron chi connectivity index (χ2n) is 7.55. The minimum absolute atomic E-state index is 0.0595. The Morgan fingerprint density at radius 1 is 1.12 bits per heavy atom. The molecule has 10 heteroatoms. The highest BCUT2D eigenvalue weighted by Gasteiger charge is 2.51. The number of carbonyl (C=O) groups excluding carboxylic acids is 3. The Labute approximate surface area is 188 Å². The molecule has 0 radical (unpaired) electrons. The molecule has 1 aliphatic rings. The number of esters is 1. The Morgan fingerprint density at radius 2 is 1.84 bits per heavy atom. The van der Waals surface area contributed by atoms with E-state index in [0.717, 1.165) is 5.39 Å². The van der Waals surface area contributed by atoms with E-state index in [9.17, 15) is 14.4 Å². The standard InChI is InChI=1S/C22H20ClN5O4/c1-4-32-22(31)15(19(29)11(2)3)18-16-17(25-10-9-24-16)21(30)28(18)14-8-6-12-5-7-13(23)26-20(12)27-14/h5-11,15,18H,4H2,1-3H3. The van der Waals surface area contributed by atoms with Crippen LogP contribution < -0.4 is 4.90 Å². The van der Waals surface area contributed by atoms with E-state index in [1.807, 2.05) is 0 Å². The lowest BCUT2D eigenvalue weighted by molar-refractivity contribution is -0.153. The third-order valence-electron chi connectivity index (χ3n) is 5.19. The van der Waals surface area contributed by atoms with Crippen LogP contribution in [-0.2, 0) is 14.3 Å². The minimum atomic E-state index is -1.29. The van der Waals surface area contributed by atoms with E-state index >= 15 is 0 Å². The molecule has 0 aliphatic carbocycles. The van der Waals surface area contributed by atoms with Gasteiger partial charge in [-0.05, 0) is 31.2 Å². The zero-order valence-electron chi connectivity index (χ0n) is 17.7. The molecule has 3 aromatic heterocycles. The van der Waals surface area contributed by atoms with Crippen LogP contribution in [0.1, 0.15) is 43.0 Å². The highest BCUT2D eigenvalue weighted by atomic mass is 35.5. The zero-order chi connectivity index (χ0) is 23.0. The van der Waals surface area contributed by atoms with E-state index < -0.39 is 29.8 Å². The van der Waals surface area contributed by atoms with Crippen molar-refractivity contribution < 1.29 is 19.1 Å². The normalized spacial score (nSPS) is 16.3. The monoisotopic (exact) mass is 453 g/mol. The van der Waals surface area contributed by atoms with Gasteiger partial charge in [0.1, 0.15) is 22.9 Å². The van der Waals surface area contributed by atoms with E-state index in [2.05, 4.69) is 19.9 Å². The van der Waals surface area contributed by atoms with Crippen molar-refractivity contribution in [1.82, 2.24) is 19.9 Å². The number of anilines is 1. The highest BCUT2D eigenvalue weighted by Crippen LogP contribution is 2.41. The molecule has 0 bridgehead atoms. The molecule has 2 unspecified atom stereocenters. The molecular formula is C22H20ClN5O4. The molecule has 9 nitrogen and oxygen atoms in total. The summed E-state index contributed by atoms with van der Waals surface area (Å²) in [6.07, 6.45) is 2.80. The number of carbonyl (C=O) groups is 3. The van der Waals surface area contributed by atoms with Gasteiger partial charge in [0.15, 0.2) is 17.1 Å². The van der Waals surface area contributed by atoms with Crippen LogP contribution in [0.2, 0.25) is 5.15 Å². The van der Waals surface area contributed by atoms with Gasteiger partial charge < -0.3 is 4.74 Å². The van der Waals surface area contributed by atoms with Crippen LogP contribution in [0.3, 0.4) is 0 Å². The third-order valence-corrected chi connectivity index (χ3v) is 5.40. The van der Waals surface area contributed by atoms with Crippen molar-refractivity contribution in [2.24, 2.45) is 11.8 Å². The largest absolute Gasteiger partial charge is 0.465 e. The van der Waals surface area contributed by atoms with Gasteiger partial charge in [0.25, 0.3) is 5.91 Å². The summed E-state index contributed by atoms with van der Waals surface area (Å²) < 4.78 is 5.21. The van der Waals surface area contributed by atoms with Crippen LogP contribution in [0.4, 0.5) is 5.82 Å². The molecule has 3 aromatic rings. The predicted octanol–water partition coefficient (Wildman–Crippen LogP) is 3.18. The van der Waals surface area contributed by atoms with Crippen molar-refractivity contribution >= 4 is 46.1 Å². The van der Waals surface area contributed by atoms with E-state index in [1.54, 1.807) is 45.0 Å². The van der Waals surface area contributed by atoms with Crippen molar-refractivity contribution in [3.8, 4) is 0 Å². The summed E-state index contributed by atoms with van der Waals surface area (Å²) in [5.74, 6) is -3.18. The molecule has 164 valence electrons. The van der Waals surface area contributed by atoms with Gasteiger partial charge in [-0.25, -0.2) is 15.0 Å². The van der Waals surface area contributed by atoms with Crippen molar-refractivity contribution in [2.45, 2.75) is 26.8 Å². The topological polar surface area (TPSA) is 115 Å². The number of fused-ring (bicyclic) bond motifs is 2. The second-order valence-corrected chi connectivity index (χ2v) is 7.93. The fourth-order valence-electron chi connectivity index (χ4n) is 3.74. The van der Waals surface area contributed by atoms with Crippen LogP contribution >= 0.6 is 11.6 Å². The summed E-state index contributed by atoms with van der Waals surface area (Å²) in [5, 5.41) is 0.966. The van der Waals surface area contributed by atoms with Gasteiger partial charge in [0.2, 0.25) is 0 Å². The third kappa shape index (κ3) is 3.69. The summed E-state index contributed by atoms with van der Waals surface area (Å²) in [6.45, 7) is 5.12. The Hall–Kier alpha value is -3.46. The molecule has 1 amide bonds. The average molecular weight is 454 g/mol. The van der Waals surface area contributed by atoms with Gasteiger partial charge in [0.05, 0.1) is 12.3 Å². The number of hydrogen-bond donors (Lipinski definition) is 0. The lowest BCUT2D eigenvalue weighted by Crippen LogP contribution is -2.42. The van der Waals surface area contributed by atoms with E-state index in [1.165, 1.54) is 17.3 Å². The number of amides is 1. The Bertz CT molecular complexity index is 1230. The molecule has 4 heterocycles. The van der Waals surface area contributed by atoms with Gasteiger partial charge in [-0.2, -0.15) is 0 Å². The van der Waals surface area contributed by atoms with E-state index in [4.69, 9.17) is 16.3 Å². The number of hydrogen-bond acceptors (Lipinski definition) is 8. The molecule has 0 N–H and O–H groups in total. The van der Waals surface area contributed by atoms with Gasteiger partial charge in [-0.15, -0.1) is 0 Å². The number of ether oxygens (including phenoxy) is 1. The number of ketones is 1. The smallest absolute Gasteiger partial charge is 0.319 e. The van der Waals surface area contributed by atoms with Crippen molar-refractivity contribution in [2.75, 3.05) is 11.5 Å². The Morgan fingerprint density at radius 3 is 2.56 bits per heavy atom. The molecule has 0 aromatic carbocycles. The summed E-state index contributed by atoms with van der Waals surface area (Å²) >= 11 is 6.01. The Kier molecular flexibility index (Phi) is 5.84. The second kappa shape index (κ2) is 8.58. The van der Waals surface area contributed by atoms with Gasteiger partial charge in [-0.3, -0.25) is 24.3 Å². The molecular weight excluding hydrogens is 434 g/mol. The van der Waals surface area contributed by atoms with Crippen LogP contribution in [0, 0.1) is 11.8 Å². The molecule has 0 spiro atoms. The molecule has 0 saturated carbocycles. The highest BCUT2D eigenvalue weighted by molar-refractivity contribution is 6.29. The number of halogens is 1. The van der Waals surface area contributed by atoms with Gasteiger partial charge in [-0.1, -0.05) is 25.4 Å². The molecule has 4 rings (SSSR count). The molecule has 32 heavy (non-hydrogen) atoms. The van der Waals surface area contributed by atoms with E-state index in [-0.39, 0.29) is 34.7 Å². The fraction of sp³-hybridized carbons (Fsp3) is 0.318. The number of aromatic nitrogens is 4.